The molecule has 122 valence electrons. The molecule has 0 spiro atoms. The fourth-order valence-corrected chi connectivity index (χ4v) is 3.27. The van der Waals surface area contributed by atoms with Gasteiger partial charge in [-0.3, -0.25) is 9.69 Å². The van der Waals surface area contributed by atoms with Crippen molar-refractivity contribution in [3.05, 3.63) is 34.9 Å². The Hall–Kier alpha value is -1.06. The fraction of sp³-hybridized carbons (Fsp3) is 0.611. The quantitative estimate of drug-likeness (QED) is 0.819. The van der Waals surface area contributed by atoms with Gasteiger partial charge in [0.05, 0.1) is 6.04 Å². The van der Waals surface area contributed by atoms with E-state index in [0.29, 0.717) is 6.04 Å². The largest absolute Gasteiger partial charge is 0.341 e. The van der Waals surface area contributed by atoms with Crippen LogP contribution in [0.5, 0.6) is 0 Å². The Morgan fingerprint density at radius 1 is 1.18 bits per heavy atom. The third-order valence-electron chi connectivity index (χ3n) is 4.83. The number of rotatable bonds is 5. The lowest BCUT2D eigenvalue weighted by atomic mass is 9.94. The van der Waals surface area contributed by atoms with Crippen LogP contribution in [0.15, 0.2) is 24.3 Å². The molecular weight excluding hydrogens is 296 g/mol. The summed E-state index contributed by atoms with van der Waals surface area (Å²) in [5.41, 5.74) is 1.17. The average molecular weight is 323 g/mol. The second kappa shape index (κ2) is 7.98. The first-order valence-electron chi connectivity index (χ1n) is 8.20. The minimum Gasteiger partial charge on any atom is -0.341 e. The van der Waals surface area contributed by atoms with Gasteiger partial charge in [0.2, 0.25) is 5.91 Å². The number of likely N-dealkylation sites (N-methyl/N-ethyl adjacent to an activating group) is 2. The molecule has 22 heavy (non-hydrogen) atoms. The molecule has 0 radical (unpaired) electrons. The summed E-state index contributed by atoms with van der Waals surface area (Å²) in [4.78, 5) is 16.8. The van der Waals surface area contributed by atoms with Gasteiger partial charge in [-0.15, -0.1) is 0 Å². The fourth-order valence-electron chi connectivity index (χ4n) is 3.15. The summed E-state index contributed by atoms with van der Waals surface area (Å²) in [6.07, 6.45) is 6.10. The third kappa shape index (κ3) is 4.47. The topological polar surface area (TPSA) is 23.6 Å². The zero-order chi connectivity index (χ0) is 16.1. The van der Waals surface area contributed by atoms with E-state index in [1.807, 2.05) is 50.2 Å². The van der Waals surface area contributed by atoms with Crippen LogP contribution in [0, 0.1) is 0 Å². The van der Waals surface area contributed by atoms with E-state index in [1.54, 1.807) is 0 Å². The molecule has 1 fully saturated rings. The summed E-state index contributed by atoms with van der Waals surface area (Å²) in [7, 11) is 3.97. The first-order valence-corrected chi connectivity index (χ1v) is 8.58. The van der Waals surface area contributed by atoms with Gasteiger partial charge in [-0.25, -0.2) is 0 Å². The van der Waals surface area contributed by atoms with Gasteiger partial charge >= 0.3 is 0 Å². The molecule has 0 saturated heterocycles. The lowest BCUT2D eigenvalue weighted by molar-refractivity contribution is -0.137. The minimum atomic E-state index is -0.109. The van der Waals surface area contributed by atoms with Crippen molar-refractivity contribution in [2.24, 2.45) is 0 Å². The van der Waals surface area contributed by atoms with Crippen molar-refractivity contribution < 1.29 is 4.79 Å². The lowest BCUT2D eigenvalue weighted by Crippen LogP contribution is -2.48. The van der Waals surface area contributed by atoms with E-state index in [9.17, 15) is 4.79 Å². The normalized spacial score (nSPS) is 17.5. The summed E-state index contributed by atoms with van der Waals surface area (Å²) < 4.78 is 0. The number of benzene rings is 1. The Morgan fingerprint density at radius 2 is 1.77 bits per heavy atom. The van der Waals surface area contributed by atoms with Crippen LogP contribution in [0.1, 0.15) is 44.6 Å². The van der Waals surface area contributed by atoms with Crippen molar-refractivity contribution >= 4 is 17.5 Å². The Morgan fingerprint density at radius 3 is 2.36 bits per heavy atom. The van der Waals surface area contributed by atoms with E-state index < -0.39 is 0 Å². The predicted molar refractivity (Wildman–Crippen MR) is 92.0 cm³/mol. The van der Waals surface area contributed by atoms with E-state index in [0.717, 1.165) is 24.4 Å². The van der Waals surface area contributed by atoms with Gasteiger partial charge < -0.3 is 4.90 Å². The molecule has 1 unspecified atom stereocenters. The van der Waals surface area contributed by atoms with Crippen molar-refractivity contribution in [2.75, 3.05) is 14.1 Å². The van der Waals surface area contributed by atoms with Crippen molar-refractivity contribution in [3.63, 3.8) is 0 Å². The van der Waals surface area contributed by atoms with Gasteiger partial charge in [0, 0.05) is 24.7 Å². The molecule has 1 aromatic carbocycles. The maximum absolute atomic E-state index is 12.7. The first kappa shape index (κ1) is 17.3. The molecule has 0 bridgehead atoms. The Kier molecular flexibility index (Phi) is 6.27. The van der Waals surface area contributed by atoms with Crippen LogP contribution in [0.3, 0.4) is 0 Å². The van der Waals surface area contributed by atoms with Gasteiger partial charge in [-0.2, -0.15) is 0 Å². The maximum atomic E-state index is 12.7. The maximum Gasteiger partial charge on any atom is 0.239 e. The Bertz CT molecular complexity index is 482. The summed E-state index contributed by atoms with van der Waals surface area (Å²) >= 11 is 5.91. The van der Waals surface area contributed by atoms with E-state index in [2.05, 4.69) is 4.90 Å². The van der Waals surface area contributed by atoms with Gasteiger partial charge in [0.25, 0.3) is 0 Å². The average Bonchev–Trinajstić information content (AvgIpc) is 2.55. The van der Waals surface area contributed by atoms with Gasteiger partial charge in [-0.1, -0.05) is 43.0 Å². The zero-order valence-corrected chi connectivity index (χ0v) is 14.6. The number of hydrogen-bond acceptors (Lipinski definition) is 2. The molecule has 1 aliphatic carbocycles. The molecular formula is C18H27ClN2O. The highest BCUT2D eigenvalue weighted by molar-refractivity contribution is 6.30. The lowest BCUT2D eigenvalue weighted by Gasteiger charge is -2.35. The minimum absolute atomic E-state index is 0.109. The number of halogens is 1. The highest BCUT2D eigenvalue weighted by Crippen LogP contribution is 2.22. The standard InChI is InChI=1S/C18H27ClN2O/c1-14(18(22)21(3)17-7-5-4-6-8-17)20(2)13-15-9-11-16(19)12-10-15/h9-12,14,17H,4-8,13H2,1-3H3. The van der Waals surface area contributed by atoms with E-state index >= 15 is 0 Å². The SMILES string of the molecule is CC(C(=O)N(C)C1CCCCC1)N(C)Cc1ccc(Cl)cc1. The van der Waals surface area contributed by atoms with Crippen LogP contribution < -0.4 is 0 Å². The zero-order valence-electron chi connectivity index (χ0n) is 13.9. The summed E-state index contributed by atoms with van der Waals surface area (Å²) in [6.45, 7) is 2.75. The summed E-state index contributed by atoms with van der Waals surface area (Å²) in [6, 6.07) is 8.13. The van der Waals surface area contributed by atoms with Crippen LogP contribution in [-0.4, -0.2) is 41.9 Å². The predicted octanol–water partition coefficient (Wildman–Crippen LogP) is 3.95. The van der Waals surface area contributed by atoms with Gasteiger partial charge in [0.1, 0.15) is 0 Å². The molecule has 0 aliphatic heterocycles. The smallest absolute Gasteiger partial charge is 0.239 e. The molecule has 1 aromatic rings. The number of carbonyl (C=O) groups is 1. The third-order valence-corrected chi connectivity index (χ3v) is 5.09. The summed E-state index contributed by atoms with van der Waals surface area (Å²) in [5, 5.41) is 0.743. The second-order valence-corrected chi connectivity index (χ2v) is 6.89. The molecule has 4 heteroatoms. The van der Waals surface area contributed by atoms with Crippen LogP contribution in [0.2, 0.25) is 5.02 Å². The highest BCUT2D eigenvalue weighted by atomic mass is 35.5. The van der Waals surface area contributed by atoms with E-state index in [1.165, 1.54) is 24.8 Å². The monoisotopic (exact) mass is 322 g/mol. The van der Waals surface area contributed by atoms with Gasteiger partial charge in [0.15, 0.2) is 0 Å². The van der Waals surface area contributed by atoms with Crippen molar-refractivity contribution in [1.29, 1.82) is 0 Å². The van der Waals surface area contributed by atoms with Crippen LogP contribution in [0.4, 0.5) is 0 Å². The Labute approximate surface area is 139 Å². The van der Waals surface area contributed by atoms with E-state index in [-0.39, 0.29) is 11.9 Å². The first-order chi connectivity index (χ1) is 10.5. The van der Waals surface area contributed by atoms with Crippen molar-refractivity contribution in [1.82, 2.24) is 9.80 Å². The number of amides is 1. The van der Waals surface area contributed by atoms with Crippen LogP contribution >= 0.6 is 11.6 Å². The second-order valence-electron chi connectivity index (χ2n) is 6.46. The molecule has 1 atom stereocenters. The van der Waals surface area contributed by atoms with Crippen molar-refractivity contribution in [2.45, 2.75) is 57.7 Å². The van der Waals surface area contributed by atoms with Crippen LogP contribution in [-0.2, 0) is 11.3 Å². The number of hydrogen-bond donors (Lipinski definition) is 0. The molecule has 1 aliphatic rings. The van der Waals surface area contributed by atoms with Crippen LogP contribution in [0.25, 0.3) is 0 Å². The number of nitrogens with zero attached hydrogens (tertiary/aromatic N) is 2. The molecule has 1 saturated carbocycles. The van der Waals surface area contributed by atoms with Gasteiger partial charge in [-0.05, 0) is 44.5 Å². The molecule has 1 amide bonds. The molecule has 3 nitrogen and oxygen atoms in total. The van der Waals surface area contributed by atoms with E-state index in [4.69, 9.17) is 11.6 Å². The number of carbonyl (C=O) groups excluding carboxylic acids is 1. The molecule has 0 heterocycles. The Balaban J connectivity index is 1.92. The molecule has 0 aromatic heterocycles. The molecule has 0 N–H and O–H groups in total. The highest BCUT2D eigenvalue weighted by Gasteiger charge is 2.27. The summed E-state index contributed by atoms with van der Waals surface area (Å²) in [5.74, 6) is 0.225. The van der Waals surface area contributed by atoms with Crippen molar-refractivity contribution in [3.8, 4) is 0 Å². The molecule has 2 rings (SSSR count).